The molecule has 2 amide bonds. The summed E-state index contributed by atoms with van der Waals surface area (Å²) in [6.07, 6.45) is 0.658. The first-order chi connectivity index (χ1) is 14.7. The molecule has 1 heterocycles. The SMILES string of the molecule is CCC(C)C(=O)NNC(=O)c1nn(-c2ccc(Cl)cc2Cl)c(-c2ccc(Cl)cc2)c1C. The largest absolute Gasteiger partial charge is 0.290 e. The summed E-state index contributed by atoms with van der Waals surface area (Å²) in [6.45, 7) is 5.46. The molecule has 2 N–H and O–H groups in total. The van der Waals surface area contributed by atoms with Crippen LogP contribution in [0.15, 0.2) is 42.5 Å². The van der Waals surface area contributed by atoms with Gasteiger partial charge in [-0.05, 0) is 43.7 Å². The third kappa shape index (κ3) is 5.03. The zero-order chi connectivity index (χ0) is 22.7. The molecule has 0 saturated carbocycles. The first-order valence-corrected chi connectivity index (χ1v) is 10.8. The lowest BCUT2D eigenvalue weighted by Crippen LogP contribution is -2.44. The lowest BCUT2D eigenvalue weighted by atomic mass is 10.1. The Kier molecular flexibility index (Phi) is 7.26. The van der Waals surface area contributed by atoms with Gasteiger partial charge in [-0.25, -0.2) is 4.68 Å². The third-order valence-electron chi connectivity index (χ3n) is 4.95. The van der Waals surface area contributed by atoms with E-state index in [-0.39, 0.29) is 17.5 Å². The molecule has 6 nitrogen and oxygen atoms in total. The van der Waals surface area contributed by atoms with Gasteiger partial charge in [0.25, 0.3) is 5.91 Å². The van der Waals surface area contributed by atoms with Crippen LogP contribution in [-0.4, -0.2) is 21.6 Å². The van der Waals surface area contributed by atoms with Crippen LogP contribution in [0.5, 0.6) is 0 Å². The van der Waals surface area contributed by atoms with Crippen LogP contribution in [0.3, 0.4) is 0 Å². The highest BCUT2D eigenvalue weighted by Crippen LogP contribution is 2.33. The second-order valence-corrected chi connectivity index (χ2v) is 8.37. The molecule has 1 unspecified atom stereocenters. The fraction of sp³-hybridized carbons (Fsp3) is 0.227. The number of amides is 2. The zero-order valence-corrected chi connectivity index (χ0v) is 19.4. The molecule has 2 aromatic carbocycles. The molecule has 0 radical (unpaired) electrons. The molecule has 0 aliphatic rings. The summed E-state index contributed by atoms with van der Waals surface area (Å²) in [5.74, 6) is -1.03. The van der Waals surface area contributed by atoms with Crippen molar-refractivity contribution in [2.24, 2.45) is 5.92 Å². The van der Waals surface area contributed by atoms with Crippen LogP contribution in [-0.2, 0) is 4.79 Å². The van der Waals surface area contributed by atoms with Gasteiger partial charge >= 0.3 is 0 Å². The minimum absolute atomic E-state index is 0.153. The van der Waals surface area contributed by atoms with Crippen LogP contribution in [0.2, 0.25) is 15.1 Å². The molecule has 162 valence electrons. The predicted molar refractivity (Wildman–Crippen MR) is 124 cm³/mol. The summed E-state index contributed by atoms with van der Waals surface area (Å²) >= 11 is 18.5. The summed E-state index contributed by atoms with van der Waals surface area (Å²) in [7, 11) is 0. The summed E-state index contributed by atoms with van der Waals surface area (Å²) in [5.41, 5.74) is 7.67. The standard InChI is InChI=1S/C22H21Cl3N4O2/c1-4-12(2)21(30)26-27-22(31)19-13(3)20(14-5-7-15(23)8-6-14)29(28-19)18-10-9-16(24)11-17(18)25/h5-12H,4H2,1-3H3,(H,26,30)(H,27,31). The van der Waals surface area contributed by atoms with E-state index in [4.69, 9.17) is 34.8 Å². The maximum Gasteiger partial charge on any atom is 0.290 e. The molecule has 1 atom stereocenters. The Morgan fingerprint density at radius 1 is 1.03 bits per heavy atom. The maximum atomic E-state index is 12.8. The first-order valence-electron chi connectivity index (χ1n) is 9.64. The van der Waals surface area contributed by atoms with Crippen molar-refractivity contribution in [1.82, 2.24) is 20.6 Å². The summed E-state index contributed by atoms with van der Waals surface area (Å²) in [6, 6.07) is 12.2. The van der Waals surface area contributed by atoms with Crippen molar-refractivity contribution >= 4 is 46.6 Å². The number of benzene rings is 2. The maximum absolute atomic E-state index is 12.8. The number of nitrogens with zero attached hydrogens (tertiary/aromatic N) is 2. The van der Waals surface area contributed by atoms with E-state index in [9.17, 15) is 9.59 Å². The quantitative estimate of drug-likeness (QED) is 0.467. The molecule has 0 fully saturated rings. The third-order valence-corrected chi connectivity index (χ3v) is 5.74. The fourth-order valence-corrected chi connectivity index (χ4v) is 3.59. The zero-order valence-electron chi connectivity index (χ0n) is 17.2. The normalized spacial score (nSPS) is 11.8. The van der Waals surface area contributed by atoms with Gasteiger partial charge in [-0.3, -0.25) is 20.4 Å². The Labute approximate surface area is 195 Å². The Morgan fingerprint density at radius 3 is 2.29 bits per heavy atom. The number of rotatable bonds is 5. The van der Waals surface area contributed by atoms with Crippen molar-refractivity contribution < 1.29 is 9.59 Å². The summed E-state index contributed by atoms with van der Waals surface area (Å²) in [4.78, 5) is 24.8. The van der Waals surface area contributed by atoms with E-state index in [1.807, 2.05) is 19.1 Å². The van der Waals surface area contributed by atoms with Crippen molar-refractivity contribution in [3.05, 3.63) is 68.8 Å². The molecule has 0 aliphatic carbocycles. The molecule has 0 spiro atoms. The number of hydrogen-bond donors (Lipinski definition) is 2. The highest BCUT2D eigenvalue weighted by Gasteiger charge is 2.24. The molecule has 0 aliphatic heterocycles. The van der Waals surface area contributed by atoms with Crippen molar-refractivity contribution in [3.8, 4) is 16.9 Å². The van der Waals surface area contributed by atoms with Gasteiger partial charge in [0.1, 0.15) is 0 Å². The lowest BCUT2D eigenvalue weighted by Gasteiger charge is -2.11. The van der Waals surface area contributed by atoms with Crippen LogP contribution in [0, 0.1) is 12.8 Å². The van der Waals surface area contributed by atoms with Gasteiger partial charge in [0.15, 0.2) is 5.69 Å². The first kappa shape index (κ1) is 23.1. The molecule has 31 heavy (non-hydrogen) atoms. The van der Waals surface area contributed by atoms with Crippen LogP contribution >= 0.6 is 34.8 Å². The van der Waals surface area contributed by atoms with Gasteiger partial charge in [-0.15, -0.1) is 0 Å². The number of carbonyl (C=O) groups excluding carboxylic acids is 2. The molecule has 3 aromatic rings. The fourth-order valence-electron chi connectivity index (χ4n) is 2.97. The van der Waals surface area contributed by atoms with E-state index in [1.165, 1.54) is 0 Å². The highest BCUT2D eigenvalue weighted by atomic mass is 35.5. The topological polar surface area (TPSA) is 76.0 Å². The lowest BCUT2D eigenvalue weighted by molar-refractivity contribution is -0.125. The molecule has 0 saturated heterocycles. The molecule has 9 heteroatoms. The average Bonchev–Trinajstić information content (AvgIpc) is 3.08. The molecule has 0 bridgehead atoms. The predicted octanol–water partition coefficient (Wildman–Crippen LogP) is 5.62. The monoisotopic (exact) mass is 478 g/mol. The van der Waals surface area contributed by atoms with Gasteiger partial charge in [0.2, 0.25) is 5.91 Å². The summed E-state index contributed by atoms with van der Waals surface area (Å²) in [5, 5.41) is 5.95. The average molecular weight is 480 g/mol. The minimum Gasteiger partial charge on any atom is -0.273 e. The van der Waals surface area contributed by atoms with E-state index >= 15 is 0 Å². The Morgan fingerprint density at radius 2 is 1.68 bits per heavy atom. The van der Waals surface area contributed by atoms with Crippen molar-refractivity contribution in [1.29, 1.82) is 0 Å². The van der Waals surface area contributed by atoms with Gasteiger partial charge in [0.05, 0.1) is 16.4 Å². The Balaban J connectivity index is 2.06. The van der Waals surface area contributed by atoms with Crippen LogP contribution < -0.4 is 10.9 Å². The van der Waals surface area contributed by atoms with Gasteiger partial charge < -0.3 is 0 Å². The smallest absolute Gasteiger partial charge is 0.273 e. The van der Waals surface area contributed by atoms with Crippen molar-refractivity contribution in [3.63, 3.8) is 0 Å². The van der Waals surface area contributed by atoms with Gasteiger partial charge in [-0.2, -0.15) is 5.10 Å². The van der Waals surface area contributed by atoms with Crippen LogP contribution in [0.25, 0.3) is 16.9 Å². The Hall–Kier alpha value is -2.54. The van der Waals surface area contributed by atoms with Gasteiger partial charge in [-0.1, -0.05) is 60.8 Å². The number of aromatic nitrogens is 2. The second kappa shape index (κ2) is 9.73. The second-order valence-electron chi connectivity index (χ2n) is 7.09. The highest BCUT2D eigenvalue weighted by molar-refractivity contribution is 6.35. The number of hydrogen-bond acceptors (Lipinski definition) is 3. The van der Waals surface area contributed by atoms with Crippen molar-refractivity contribution in [2.75, 3.05) is 0 Å². The van der Waals surface area contributed by atoms with E-state index in [0.29, 0.717) is 38.4 Å². The number of carbonyl (C=O) groups is 2. The van der Waals surface area contributed by atoms with Crippen LogP contribution in [0.4, 0.5) is 0 Å². The molecule has 3 rings (SSSR count). The number of hydrazine groups is 1. The number of nitrogens with one attached hydrogen (secondary N) is 2. The van der Waals surface area contributed by atoms with Gasteiger partial charge in [0, 0.05) is 27.1 Å². The van der Waals surface area contributed by atoms with E-state index in [1.54, 1.807) is 48.9 Å². The molecular weight excluding hydrogens is 459 g/mol. The molecular formula is C22H21Cl3N4O2. The minimum atomic E-state index is -0.534. The Bertz CT molecular complexity index is 1130. The molecule has 1 aromatic heterocycles. The van der Waals surface area contributed by atoms with E-state index in [2.05, 4.69) is 16.0 Å². The van der Waals surface area contributed by atoms with E-state index in [0.717, 1.165) is 5.56 Å². The van der Waals surface area contributed by atoms with Crippen LogP contribution in [0.1, 0.15) is 36.3 Å². The van der Waals surface area contributed by atoms with E-state index < -0.39 is 5.91 Å². The summed E-state index contributed by atoms with van der Waals surface area (Å²) < 4.78 is 1.59. The van der Waals surface area contributed by atoms with Crippen molar-refractivity contribution in [2.45, 2.75) is 27.2 Å². The number of halogens is 3.